The Bertz CT molecular complexity index is 926. The smallest absolute Gasteiger partial charge is 0.349 e. The topological polar surface area (TPSA) is 88.6 Å². The molecule has 2 aromatic heterocycles. The molecule has 1 aliphatic heterocycles. The van der Waals surface area contributed by atoms with Crippen LogP contribution in [0.1, 0.15) is 65.8 Å². The first kappa shape index (κ1) is 20.3. The van der Waals surface area contributed by atoms with E-state index in [2.05, 4.69) is 18.9 Å². The molecule has 2 aromatic rings. The zero-order valence-electron chi connectivity index (χ0n) is 17.1. The number of hydrogen-bond acceptors (Lipinski definition) is 5. The van der Waals surface area contributed by atoms with E-state index >= 15 is 0 Å². The molecule has 0 saturated carbocycles. The van der Waals surface area contributed by atoms with Crippen molar-refractivity contribution in [2.45, 2.75) is 66.7 Å². The van der Waals surface area contributed by atoms with Crippen LogP contribution in [0.15, 0.2) is 15.3 Å². The summed E-state index contributed by atoms with van der Waals surface area (Å²) < 4.78 is 7.31. The quantitative estimate of drug-likeness (QED) is 0.822. The summed E-state index contributed by atoms with van der Waals surface area (Å²) in [7, 11) is 0. The van der Waals surface area contributed by atoms with Crippen molar-refractivity contribution in [3.8, 4) is 0 Å². The number of nitrogens with zero attached hydrogens (tertiary/aromatic N) is 3. The zero-order valence-corrected chi connectivity index (χ0v) is 17.1. The van der Waals surface area contributed by atoms with Gasteiger partial charge in [-0.25, -0.2) is 4.79 Å². The Morgan fingerprint density at radius 1 is 1.39 bits per heavy atom. The maximum Gasteiger partial charge on any atom is 0.349 e. The minimum Gasteiger partial charge on any atom is -0.427 e. The van der Waals surface area contributed by atoms with Gasteiger partial charge in [0, 0.05) is 43.7 Å². The van der Waals surface area contributed by atoms with Crippen LogP contribution in [0.25, 0.3) is 0 Å². The number of aliphatic hydroxyl groups excluding tert-OH is 1. The van der Waals surface area contributed by atoms with Gasteiger partial charge in [-0.1, -0.05) is 13.8 Å². The normalized spacial score (nSPS) is 13.9. The van der Waals surface area contributed by atoms with Gasteiger partial charge in [0.15, 0.2) is 0 Å². The third kappa shape index (κ3) is 3.90. The highest BCUT2D eigenvalue weighted by Crippen LogP contribution is 2.24. The van der Waals surface area contributed by atoms with E-state index in [0.29, 0.717) is 48.9 Å². The molecule has 0 aromatic carbocycles. The molecule has 3 rings (SSSR count). The van der Waals surface area contributed by atoms with Crippen molar-refractivity contribution >= 4 is 5.91 Å². The molecule has 0 unspecified atom stereocenters. The van der Waals surface area contributed by atoms with Gasteiger partial charge in [0.1, 0.15) is 11.3 Å². The van der Waals surface area contributed by atoms with Crippen LogP contribution >= 0.6 is 0 Å². The van der Waals surface area contributed by atoms with Crippen LogP contribution in [-0.4, -0.2) is 32.2 Å². The summed E-state index contributed by atoms with van der Waals surface area (Å²) >= 11 is 0. The highest BCUT2D eigenvalue weighted by Gasteiger charge is 2.30. The number of aliphatic hydroxyl groups is 1. The summed E-state index contributed by atoms with van der Waals surface area (Å²) in [5.41, 5.74) is 2.73. The molecule has 7 heteroatoms. The fourth-order valence-electron chi connectivity index (χ4n) is 3.77. The van der Waals surface area contributed by atoms with E-state index < -0.39 is 5.63 Å². The van der Waals surface area contributed by atoms with Crippen LogP contribution in [0.3, 0.4) is 0 Å². The van der Waals surface area contributed by atoms with Crippen LogP contribution in [0, 0.1) is 12.8 Å². The molecule has 0 aliphatic carbocycles. The average Bonchev–Trinajstić information content (AvgIpc) is 3.02. The first-order valence-corrected chi connectivity index (χ1v) is 9.96. The van der Waals surface area contributed by atoms with Gasteiger partial charge in [0.05, 0.1) is 12.3 Å². The van der Waals surface area contributed by atoms with E-state index in [9.17, 15) is 14.7 Å². The van der Waals surface area contributed by atoms with Crippen molar-refractivity contribution in [3.05, 3.63) is 50.3 Å². The lowest BCUT2D eigenvalue weighted by Gasteiger charge is -2.28. The number of aromatic nitrogens is 2. The number of carbonyl (C=O) groups is 1. The Balaban J connectivity index is 1.85. The van der Waals surface area contributed by atoms with E-state index in [1.165, 1.54) is 0 Å². The summed E-state index contributed by atoms with van der Waals surface area (Å²) in [6.07, 6.45) is 2.26. The Kier molecular flexibility index (Phi) is 6.03. The molecular formula is C21H29N3O4. The predicted molar refractivity (Wildman–Crippen MR) is 105 cm³/mol. The predicted octanol–water partition coefficient (Wildman–Crippen LogP) is 2.44. The van der Waals surface area contributed by atoms with Crippen molar-refractivity contribution in [1.82, 2.24) is 14.7 Å². The first-order chi connectivity index (χ1) is 13.3. The Hall–Kier alpha value is -2.41. The molecule has 28 heavy (non-hydrogen) atoms. The van der Waals surface area contributed by atoms with Gasteiger partial charge in [-0.05, 0) is 37.8 Å². The minimum absolute atomic E-state index is 0.102. The van der Waals surface area contributed by atoms with Crippen LogP contribution in [0.5, 0.6) is 0 Å². The van der Waals surface area contributed by atoms with Crippen LogP contribution in [-0.2, 0) is 32.5 Å². The molecule has 3 heterocycles. The first-order valence-electron chi connectivity index (χ1n) is 9.96. The van der Waals surface area contributed by atoms with Crippen molar-refractivity contribution < 1.29 is 14.3 Å². The Labute approximate surface area is 165 Å². The van der Waals surface area contributed by atoms with Crippen LogP contribution in [0.2, 0.25) is 0 Å². The standard InChI is InChI=1S/C21H29N3O4/c1-5-24-18-8-9-23(11-16(18)17(12-25)22-24)20(26)19-14(4)10-15(28-21(19)27)7-6-13(2)3/h10,13,25H,5-9,11-12H2,1-4H3. The van der Waals surface area contributed by atoms with Crippen molar-refractivity contribution in [1.29, 1.82) is 0 Å². The zero-order chi connectivity index (χ0) is 20.4. The largest absolute Gasteiger partial charge is 0.427 e. The molecule has 7 nitrogen and oxygen atoms in total. The van der Waals surface area contributed by atoms with Crippen molar-refractivity contribution in [3.63, 3.8) is 0 Å². The molecule has 0 radical (unpaired) electrons. The van der Waals surface area contributed by atoms with Gasteiger partial charge in [0.2, 0.25) is 0 Å². The van der Waals surface area contributed by atoms with E-state index in [0.717, 1.165) is 24.2 Å². The number of fused-ring (bicyclic) bond motifs is 1. The summed E-state index contributed by atoms with van der Waals surface area (Å²) in [6, 6.07) is 1.81. The van der Waals surface area contributed by atoms with Crippen molar-refractivity contribution in [2.24, 2.45) is 5.92 Å². The fourth-order valence-corrected chi connectivity index (χ4v) is 3.77. The number of rotatable bonds is 6. The van der Waals surface area contributed by atoms with E-state index in [1.54, 1.807) is 17.9 Å². The number of aryl methyl sites for hydroxylation is 3. The minimum atomic E-state index is -0.568. The molecule has 0 bridgehead atoms. The van der Waals surface area contributed by atoms with Crippen molar-refractivity contribution in [2.75, 3.05) is 6.54 Å². The molecule has 1 aliphatic rings. The number of hydrogen-bond donors (Lipinski definition) is 1. The number of amides is 1. The van der Waals surface area contributed by atoms with Gasteiger partial charge in [-0.2, -0.15) is 5.10 Å². The van der Waals surface area contributed by atoms with E-state index in [-0.39, 0.29) is 18.1 Å². The van der Waals surface area contributed by atoms with Crippen LogP contribution in [0.4, 0.5) is 0 Å². The van der Waals surface area contributed by atoms with Gasteiger partial charge in [-0.3, -0.25) is 9.48 Å². The summed E-state index contributed by atoms with van der Waals surface area (Å²) in [4.78, 5) is 27.3. The molecule has 0 spiro atoms. The lowest BCUT2D eigenvalue weighted by atomic mass is 10.0. The Morgan fingerprint density at radius 3 is 2.75 bits per heavy atom. The average molecular weight is 387 g/mol. The molecule has 152 valence electrons. The summed E-state index contributed by atoms with van der Waals surface area (Å²) in [6.45, 7) is 9.44. The number of carbonyl (C=O) groups excluding carboxylic acids is 1. The lowest BCUT2D eigenvalue weighted by Crippen LogP contribution is -2.39. The monoisotopic (exact) mass is 387 g/mol. The second-order valence-corrected chi connectivity index (χ2v) is 7.81. The molecule has 1 amide bonds. The van der Waals surface area contributed by atoms with Gasteiger partial charge >= 0.3 is 5.63 Å². The SMILES string of the molecule is CCn1nc(CO)c2c1CCN(C(=O)c1c(C)cc(CCC(C)C)oc1=O)C2. The molecule has 0 atom stereocenters. The third-order valence-corrected chi connectivity index (χ3v) is 5.34. The lowest BCUT2D eigenvalue weighted by molar-refractivity contribution is 0.0726. The highest BCUT2D eigenvalue weighted by molar-refractivity contribution is 5.95. The maximum atomic E-state index is 13.1. The summed E-state index contributed by atoms with van der Waals surface area (Å²) in [5, 5.41) is 14.0. The van der Waals surface area contributed by atoms with Gasteiger partial charge in [-0.15, -0.1) is 0 Å². The molecule has 0 fully saturated rings. The maximum absolute atomic E-state index is 13.1. The highest BCUT2D eigenvalue weighted by atomic mass is 16.4. The third-order valence-electron chi connectivity index (χ3n) is 5.34. The second kappa shape index (κ2) is 8.31. The molecule has 0 saturated heterocycles. The summed E-state index contributed by atoms with van der Waals surface area (Å²) in [5.74, 6) is 0.820. The van der Waals surface area contributed by atoms with Gasteiger partial charge in [0.25, 0.3) is 5.91 Å². The molecule has 1 N–H and O–H groups in total. The fraction of sp³-hybridized carbons (Fsp3) is 0.571. The van der Waals surface area contributed by atoms with E-state index in [1.807, 2.05) is 11.6 Å². The van der Waals surface area contributed by atoms with Crippen LogP contribution < -0.4 is 5.63 Å². The second-order valence-electron chi connectivity index (χ2n) is 7.81. The molecular weight excluding hydrogens is 358 g/mol. The van der Waals surface area contributed by atoms with E-state index in [4.69, 9.17) is 4.42 Å². The Morgan fingerprint density at radius 2 is 2.14 bits per heavy atom. The van der Waals surface area contributed by atoms with Gasteiger partial charge < -0.3 is 14.4 Å².